The molecule has 3 saturated carbocycles. The molecular weight excluding hydrogens is 382 g/mol. The van der Waals surface area contributed by atoms with E-state index in [2.05, 4.69) is 32.2 Å². The van der Waals surface area contributed by atoms with Gasteiger partial charge < -0.3 is 5.32 Å². The second kappa shape index (κ2) is 8.77. The molecule has 2 heteroatoms. The quantitative estimate of drug-likeness (QED) is 0.326. The molecule has 30 heavy (non-hydrogen) atoms. The zero-order valence-electron chi connectivity index (χ0n) is 19.9. The van der Waals surface area contributed by atoms with Gasteiger partial charge >= 0.3 is 0 Å². The molecule has 5 rings (SSSR count). The van der Waals surface area contributed by atoms with E-state index in [1.807, 2.05) is 0 Å². The number of thiol groups is 1. The number of allylic oxidation sites excluding steroid dienone is 1. The largest absolute Gasteiger partial charge is 0.307 e. The molecule has 1 aliphatic heterocycles. The summed E-state index contributed by atoms with van der Waals surface area (Å²) >= 11 is 5.07. The fourth-order valence-electron chi connectivity index (χ4n) is 8.90. The molecule has 0 aromatic heterocycles. The van der Waals surface area contributed by atoms with Gasteiger partial charge in [0.25, 0.3) is 0 Å². The molecule has 0 spiro atoms. The summed E-state index contributed by atoms with van der Waals surface area (Å²) in [4.78, 5) is 0. The molecular formula is C28H47NS. The maximum absolute atomic E-state index is 5.07. The second-order valence-electron chi connectivity index (χ2n) is 12.7. The lowest BCUT2D eigenvalue weighted by Crippen LogP contribution is -2.40. The van der Waals surface area contributed by atoms with Crippen molar-refractivity contribution in [3.05, 3.63) is 11.6 Å². The van der Waals surface area contributed by atoms with Gasteiger partial charge in [-0.25, -0.2) is 0 Å². The van der Waals surface area contributed by atoms with E-state index >= 15 is 0 Å². The van der Waals surface area contributed by atoms with Gasteiger partial charge in [0, 0.05) is 17.3 Å². The van der Waals surface area contributed by atoms with Crippen LogP contribution in [0.2, 0.25) is 0 Å². The van der Waals surface area contributed by atoms with Gasteiger partial charge in [-0.1, -0.05) is 51.2 Å². The Kier molecular flexibility index (Phi) is 6.39. The highest BCUT2D eigenvalue weighted by atomic mass is 32.1. The SMILES string of the molecule is C/C1=C\C2NC3CCCCC3C2CCC(C)(C)C2CC(C3CCCCC3S)CC[C@H]12. The van der Waals surface area contributed by atoms with E-state index in [4.69, 9.17) is 12.6 Å². The monoisotopic (exact) mass is 429 g/mol. The molecule has 4 aliphatic carbocycles. The Morgan fingerprint density at radius 1 is 0.867 bits per heavy atom. The minimum absolute atomic E-state index is 0.473. The minimum Gasteiger partial charge on any atom is -0.307 e. The van der Waals surface area contributed by atoms with Crippen LogP contribution in [0.1, 0.15) is 104 Å². The van der Waals surface area contributed by atoms with E-state index in [1.54, 1.807) is 5.57 Å². The molecule has 0 aromatic carbocycles. The molecule has 0 aromatic rings. The van der Waals surface area contributed by atoms with Crippen LogP contribution >= 0.6 is 12.6 Å². The van der Waals surface area contributed by atoms with Crippen molar-refractivity contribution >= 4 is 12.6 Å². The van der Waals surface area contributed by atoms with E-state index in [0.717, 1.165) is 41.5 Å². The first kappa shape index (κ1) is 21.9. The average molecular weight is 430 g/mol. The van der Waals surface area contributed by atoms with Crippen LogP contribution in [0.5, 0.6) is 0 Å². The Morgan fingerprint density at radius 3 is 2.40 bits per heavy atom. The summed E-state index contributed by atoms with van der Waals surface area (Å²) in [5, 5.41) is 4.79. The first-order valence-corrected chi connectivity index (χ1v) is 14.1. The summed E-state index contributed by atoms with van der Waals surface area (Å²) in [7, 11) is 0. The molecule has 0 radical (unpaired) electrons. The predicted molar refractivity (Wildman–Crippen MR) is 132 cm³/mol. The third-order valence-corrected chi connectivity index (χ3v) is 11.3. The minimum atomic E-state index is 0.473. The lowest BCUT2D eigenvalue weighted by Gasteiger charge is -2.49. The van der Waals surface area contributed by atoms with Gasteiger partial charge in [0.15, 0.2) is 0 Å². The summed E-state index contributed by atoms with van der Waals surface area (Å²) < 4.78 is 0. The van der Waals surface area contributed by atoms with Crippen LogP contribution in [0.15, 0.2) is 11.6 Å². The van der Waals surface area contributed by atoms with Crippen molar-refractivity contribution in [1.29, 1.82) is 0 Å². The lowest BCUT2D eigenvalue weighted by molar-refractivity contribution is 0.0436. The molecule has 0 amide bonds. The molecule has 1 heterocycles. The Balaban J connectivity index is 1.38. The van der Waals surface area contributed by atoms with E-state index in [1.165, 1.54) is 83.5 Å². The van der Waals surface area contributed by atoms with Crippen LogP contribution in [0, 0.1) is 40.9 Å². The molecule has 1 N–H and O–H groups in total. The average Bonchev–Trinajstić information content (AvgIpc) is 3.09. The van der Waals surface area contributed by atoms with Crippen molar-refractivity contribution < 1.29 is 0 Å². The van der Waals surface area contributed by atoms with Crippen LogP contribution in [-0.4, -0.2) is 17.3 Å². The number of hydrogen-bond acceptors (Lipinski definition) is 2. The highest BCUT2D eigenvalue weighted by Gasteiger charge is 2.48. The van der Waals surface area contributed by atoms with Gasteiger partial charge in [0.1, 0.15) is 0 Å². The second-order valence-corrected chi connectivity index (χ2v) is 13.3. The van der Waals surface area contributed by atoms with Gasteiger partial charge in [0.05, 0.1) is 0 Å². The molecule has 5 aliphatic rings. The van der Waals surface area contributed by atoms with Crippen molar-refractivity contribution in [2.75, 3.05) is 0 Å². The van der Waals surface area contributed by atoms with Crippen molar-refractivity contribution in [2.45, 2.75) is 122 Å². The first-order valence-electron chi connectivity index (χ1n) is 13.6. The number of nitrogens with one attached hydrogen (secondary N) is 1. The van der Waals surface area contributed by atoms with Crippen LogP contribution in [-0.2, 0) is 0 Å². The normalized spacial score (nSPS) is 50.7. The van der Waals surface area contributed by atoms with Gasteiger partial charge in [0.2, 0.25) is 0 Å². The van der Waals surface area contributed by atoms with Crippen LogP contribution in [0.3, 0.4) is 0 Å². The van der Waals surface area contributed by atoms with E-state index < -0.39 is 0 Å². The third kappa shape index (κ3) is 4.07. The van der Waals surface area contributed by atoms with E-state index in [9.17, 15) is 0 Å². The van der Waals surface area contributed by atoms with Crippen molar-refractivity contribution in [3.63, 3.8) is 0 Å². The first-order chi connectivity index (χ1) is 14.4. The molecule has 1 nitrogen and oxygen atoms in total. The fraction of sp³-hybridized carbons (Fsp3) is 0.929. The van der Waals surface area contributed by atoms with Gasteiger partial charge in [-0.15, -0.1) is 0 Å². The Morgan fingerprint density at radius 2 is 1.60 bits per heavy atom. The topological polar surface area (TPSA) is 12.0 Å². The number of rotatable bonds is 1. The zero-order chi connectivity index (χ0) is 20.9. The van der Waals surface area contributed by atoms with E-state index in [-0.39, 0.29) is 0 Å². The molecule has 0 bridgehead atoms. The Hall–Kier alpha value is 0.0500. The van der Waals surface area contributed by atoms with E-state index in [0.29, 0.717) is 16.7 Å². The fourth-order valence-corrected chi connectivity index (χ4v) is 9.48. The van der Waals surface area contributed by atoms with Gasteiger partial charge in [-0.2, -0.15) is 12.6 Å². The van der Waals surface area contributed by atoms with Gasteiger partial charge in [-0.05, 0) is 106 Å². The molecule has 170 valence electrons. The summed E-state index contributed by atoms with van der Waals surface area (Å²) in [6, 6.07) is 1.47. The van der Waals surface area contributed by atoms with Crippen LogP contribution < -0.4 is 5.32 Å². The molecule has 4 fully saturated rings. The maximum atomic E-state index is 5.07. The molecule has 1 saturated heterocycles. The number of fused-ring (bicyclic) bond motifs is 4. The summed E-state index contributed by atoms with van der Waals surface area (Å²) in [6.07, 6.45) is 21.5. The number of hydrogen-bond donors (Lipinski definition) is 2. The van der Waals surface area contributed by atoms with Crippen LogP contribution in [0.25, 0.3) is 0 Å². The Bertz CT molecular complexity index is 639. The van der Waals surface area contributed by atoms with Crippen molar-refractivity contribution in [3.8, 4) is 0 Å². The molecule has 8 unspecified atom stereocenters. The lowest BCUT2D eigenvalue weighted by atomic mass is 9.57. The van der Waals surface area contributed by atoms with Crippen molar-refractivity contribution in [2.24, 2.45) is 40.9 Å². The Labute approximate surface area is 192 Å². The highest BCUT2D eigenvalue weighted by Crippen LogP contribution is 2.54. The summed E-state index contributed by atoms with van der Waals surface area (Å²) in [5.74, 6) is 5.35. The molecule has 9 atom stereocenters. The summed E-state index contributed by atoms with van der Waals surface area (Å²) in [6.45, 7) is 7.78. The maximum Gasteiger partial charge on any atom is 0.0286 e. The smallest absolute Gasteiger partial charge is 0.0286 e. The van der Waals surface area contributed by atoms with Gasteiger partial charge in [-0.3, -0.25) is 0 Å². The summed E-state index contributed by atoms with van der Waals surface area (Å²) in [5.41, 5.74) is 2.21. The third-order valence-electron chi connectivity index (χ3n) is 10.7. The van der Waals surface area contributed by atoms with Crippen molar-refractivity contribution in [1.82, 2.24) is 5.32 Å². The standard InChI is InChI=1S/C28H47NS/c1-18-16-26-23(22-9-4-6-10-25(22)29-26)14-15-28(2,3)24-17-19(12-13-20(18)24)21-8-5-7-11-27(21)30/h16,19-27,29-30H,4-15,17H2,1-3H3/b18-16+/t19?,20-,21?,22?,23?,24?,25?,26?,27?/m1/s1. The van der Waals surface area contributed by atoms with Crippen LogP contribution in [0.4, 0.5) is 0 Å². The highest BCUT2D eigenvalue weighted by molar-refractivity contribution is 7.81. The zero-order valence-corrected chi connectivity index (χ0v) is 20.8. The predicted octanol–water partition coefficient (Wildman–Crippen LogP) is 7.42.